The lowest BCUT2D eigenvalue weighted by Crippen LogP contribution is -2.17. The average Bonchev–Trinajstić information content (AvgIpc) is 2.32. The van der Waals surface area contributed by atoms with Crippen molar-refractivity contribution in [2.75, 3.05) is 23.4 Å². The molecule has 0 aliphatic carbocycles. The summed E-state index contributed by atoms with van der Waals surface area (Å²) in [6, 6.07) is 5.54. The van der Waals surface area contributed by atoms with Crippen LogP contribution in [0.5, 0.6) is 0 Å². The number of para-hydroxylation sites is 1. The van der Waals surface area contributed by atoms with Gasteiger partial charge in [-0.2, -0.15) is 0 Å². The summed E-state index contributed by atoms with van der Waals surface area (Å²) in [7, 11) is 0. The van der Waals surface area contributed by atoms with Gasteiger partial charge in [-0.3, -0.25) is 4.79 Å². The molecule has 1 atom stereocenters. The summed E-state index contributed by atoms with van der Waals surface area (Å²) in [6.45, 7) is 4.06. The SMILES string of the molecule is Cc1cccc(N)c1NC(=O)CSC(C)CCO. The Balaban J connectivity index is 2.50. The van der Waals surface area contributed by atoms with Crippen LogP contribution in [0.3, 0.4) is 0 Å². The summed E-state index contributed by atoms with van der Waals surface area (Å²) < 4.78 is 0. The van der Waals surface area contributed by atoms with E-state index in [1.807, 2.05) is 26.0 Å². The fourth-order valence-electron chi connectivity index (χ4n) is 1.52. The molecule has 0 aliphatic heterocycles. The molecule has 0 saturated heterocycles. The number of carbonyl (C=O) groups excluding carboxylic acids is 1. The van der Waals surface area contributed by atoms with Crippen molar-refractivity contribution < 1.29 is 9.90 Å². The lowest BCUT2D eigenvalue weighted by atomic mass is 10.1. The number of hydrogen-bond donors (Lipinski definition) is 3. The van der Waals surface area contributed by atoms with Crippen molar-refractivity contribution in [3.8, 4) is 0 Å². The number of carbonyl (C=O) groups is 1. The van der Waals surface area contributed by atoms with Crippen LogP contribution in [0.2, 0.25) is 0 Å². The van der Waals surface area contributed by atoms with Crippen molar-refractivity contribution in [2.24, 2.45) is 0 Å². The number of aliphatic hydroxyl groups is 1. The predicted molar refractivity (Wildman–Crippen MR) is 77.8 cm³/mol. The second kappa shape index (κ2) is 7.28. The summed E-state index contributed by atoms with van der Waals surface area (Å²) in [5.74, 6) is 0.306. The van der Waals surface area contributed by atoms with E-state index in [-0.39, 0.29) is 17.8 Å². The van der Waals surface area contributed by atoms with Gasteiger partial charge in [0.05, 0.1) is 17.1 Å². The van der Waals surface area contributed by atoms with E-state index >= 15 is 0 Å². The molecule has 1 aromatic rings. The summed E-state index contributed by atoms with van der Waals surface area (Å²) in [6.07, 6.45) is 0.699. The summed E-state index contributed by atoms with van der Waals surface area (Å²) in [4.78, 5) is 11.8. The molecule has 1 rings (SSSR count). The smallest absolute Gasteiger partial charge is 0.234 e. The van der Waals surface area contributed by atoms with Gasteiger partial charge in [-0.25, -0.2) is 0 Å². The van der Waals surface area contributed by atoms with Gasteiger partial charge < -0.3 is 16.2 Å². The van der Waals surface area contributed by atoms with Crippen molar-refractivity contribution >= 4 is 29.0 Å². The number of nitrogens with two attached hydrogens (primary N) is 1. The van der Waals surface area contributed by atoms with E-state index in [0.717, 1.165) is 5.56 Å². The zero-order valence-electron chi connectivity index (χ0n) is 10.8. The molecular weight excluding hydrogens is 248 g/mol. The Kier molecular flexibility index (Phi) is 6.01. The number of aliphatic hydroxyl groups excluding tert-OH is 1. The molecule has 0 heterocycles. The van der Waals surface area contributed by atoms with Crippen molar-refractivity contribution in [1.29, 1.82) is 0 Å². The second-order valence-corrected chi connectivity index (χ2v) is 5.65. The number of nitrogens with one attached hydrogen (secondary N) is 1. The summed E-state index contributed by atoms with van der Waals surface area (Å²) in [5, 5.41) is 11.9. The van der Waals surface area contributed by atoms with Gasteiger partial charge in [-0.05, 0) is 25.0 Å². The van der Waals surface area contributed by atoms with Gasteiger partial charge in [0.1, 0.15) is 0 Å². The van der Waals surface area contributed by atoms with E-state index in [4.69, 9.17) is 10.8 Å². The minimum absolute atomic E-state index is 0.0641. The highest BCUT2D eigenvalue weighted by Gasteiger charge is 2.10. The van der Waals surface area contributed by atoms with Gasteiger partial charge >= 0.3 is 0 Å². The van der Waals surface area contributed by atoms with Crippen LogP contribution in [-0.2, 0) is 4.79 Å². The molecule has 0 aromatic heterocycles. The minimum atomic E-state index is -0.0641. The summed E-state index contributed by atoms with van der Waals surface area (Å²) in [5.41, 5.74) is 8.05. The largest absolute Gasteiger partial charge is 0.397 e. The Hall–Kier alpha value is -1.20. The van der Waals surface area contributed by atoms with Gasteiger partial charge in [0, 0.05) is 11.9 Å². The number of hydrogen-bond acceptors (Lipinski definition) is 4. The van der Waals surface area contributed by atoms with Crippen LogP contribution >= 0.6 is 11.8 Å². The number of rotatable bonds is 6. The number of thioether (sulfide) groups is 1. The van der Waals surface area contributed by atoms with Crippen LogP contribution in [0, 0.1) is 6.92 Å². The first-order chi connectivity index (χ1) is 8.54. The molecule has 0 saturated carbocycles. The molecule has 0 aliphatic rings. The Labute approximate surface area is 112 Å². The van der Waals surface area contributed by atoms with Crippen molar-refractivity contribution in [3.63, 3.8) is 0 Å². The van der Waals surface area contributed by atoms with Crippen molar-refractivity contribution in [3.05, 3.63) is 23.8 Å². The van der Waals surface area contributed by atoms with Crippen molar-refractivity contribution in [1.82, 2.24) is 0 Å². The van der Waals surface area contributed by atoms with Crippen LogP contribution in [0.1, 0.15) is 18.9 Å². The monoisotopic (exact) mass is 268 g/mol. The van der Waals surface area contributed by atoms with Crippen LogP contribution < -0.4 is 11.1 Å². The summed E-state index contributed by atoms with van der Waals surface area (Å²) >= 11 is 1.53. The zero-order chi connectivity index (χ0) is 13.5. The lowest BCUT2D eigenvalue weighted by Gasteiger charge is -2.12. The standard InChI is InChI=1S/C13H20N2O2S/c1-9-4-3-5-11(14)13(9)15-12(17)8-18-10(2)6-7-16/h3-5,10,16H,6-8,14H2,1-2H3,(H,15,17). The van der Waals surface area contributed by atoms with Crippen LogP contribution in [0.15, 0.2) is 18.2 Å². The number of benzene rings is 1. The Morgan fingerprint density at radius 1 is 1.56 bits per heavy atom. The predicted octanol–water partition coefficient (Wildman–Crippen LogP) is 2.02. The second-order valence-electron chi connectivity index (χ2n) is 4.22. The molecule has 0 spiro atoms. The molecular formula is C13H20N2O2S. The highest BCUT2D eigenvalue weighted by Crippen LogP contribution is 2.23. The molecule has 1 unspecified atom stereocenters. The molecule has 4 nitrogen and oxygen atoms in total. The van der Waals surface area contributed by atoms with Crippen LogP contribution in [0.4, 0.5) is 11.4 Å². The van der Waals surface area contributed by atoms with Gasteiger partial charge in [-0.1, -0.05) is 19.1 Å². The molecule has 1 aromatic carbocycles. The van der Waals surface area contributed by atoms with Gasteiger partial charge in [0.25, 0.3) is 0 Å². The molecule has 18 heavy (non-hydrogen) atoms. The molecule has 4 N–H and O–H groups in total. The van der Waals surface area contributed by atoms with E-state index in [1.54, 1.807) is 6.07 Å². The Morgan fingerprint density at radius 3 is 2.89 bits per heavy atom. The van der Waals surface area contributed by atoms with Gasteiger partial charge in [-0.15, -0.1) is 11.8 Å². The van der Waals surface area contributed by atoms with Crippen LogP contribution in [0.25, 0.3) is 0 Å². The third-order valence-electron chi connectivity index (χ3n) is 2.60. The van der Waals surface area contributed by atoms with E-state index in [1.165, 1.54) is 11.8 Å². The quantitative estimate of drug-likeness (QED) is 0.690. The van der Waals surface area contributed by atoms with Crippen molar-refractivity contribution in [2.45, 2.75) is 25.5 Å². The molecule has 0 radical (unpaired) electrons. The zero-order valence-corrected chi connectivity index (χ0v) is 11.6. The molecule has 1 amide bonds. The molecule has 0 fully saturated rings. The number of amides is 1. The maximum absolute atomic E-state index is 11.8. The molecule has 0 bridgehead atoms. The fraction of sp³-hybridized carbons (Fsp3) is 0.462. The van der Waals surface area contributed by atoms with Gasteiger partial charge in [0.2, 0.25) is 5.91 Å². The fourth-order valence-corrected chi connectivity index (χ4v) is 2.30. The normalized spacial score (nSPS) is 12.2. The Bertz CT molecular complexity index is 390. The number of nitrogen functional groups attached to an aromatic ring is 1. The third-order valence-corrected chi connectivity index (χ3v) is 3.84. The average molecular weight is 268 g/mol. The lowest BCUT2D eigenvalue weighted by molar-refractivity contribution is -0.113. The molecule has 5 heteroatoms. The molecule has 100 valence electrons. The third kappa shape index (κ3) is 4.58. The maximum Gasteiger partial charge on any atom is 0.234 e. The van der Waals surface area contributed by atoms with E-state index in [2.05, 4.69) is 5.32 Å². The first kappa shape index (κ1) is 14.9. The van der Waals surface area contributed by atoms with E-state index in [9.17, 15) is 4.79 Å². The highest BCUT2D eigenvalue weighted by molar-refractivity contribution is 8.00. The highest BCUT2D eigenvalue weighted by atomic mass is 32.2. The topological polar surface area (TPSA) is 75.3 Å². The van der Waals surface area contributed by atoms with E-state index in [0.29, 0.717) is 23.5 Å². The van der Waals surface area contributed by atoms with E-state index < -0.39 is 0 Å². The minimum Gasteiger partial charge on any atom is -0.397 e. The maximum atomic E-state index is 11.8. The van der Waals surface area contributed by atoms with Crippen LogP contribution in [-0.4, -0.2) is 28.6 Å². The number of anilines is 2. The first-order valence-electron chi connectivity index (χ1n) is 5.92. The Morgan fingerprint density at radius 2 is 2.28 bits per heavy atom. The van der Waals surface area contributed by atoms with Gasteiger partial charge in [0.15, 0.2) is 0 Å². The first-order valence-corrected chi connectivity index (χ1v) is 6.97. The number of aryl methyl sites for hydroxylation is 1.